The predicted octanol–water partition coefficient (Wildman–Crippen LogP) is 12.4. The maximum absolute atomic E-state index is 13.6. The maximum Gasteiger partial charge on any atom is 0.405 e. The molecular weight excluding hydrogens is 639 g/mol. The van der Waals surface area contributed by atoms with Crippen molar-refractivity contribution in [1.82, 2.24) is 15.7 Å². The average Bonchev–Trinajstić information content (AvgIpc) is 3.12. The molecule has 0 saturated carbocycles. The van der Waals surface area contributed by atoms with Crippen LogP contribution in [-0.4, -0.2) is 52.5 Å². The third-order valence-corrected chi connectivity index (χ3v) is 11.5. The zero-order chi connectivity index (χ0) is 36.3. The first kappa shape index (κ1) is 50.0. The molecule has 8 heteroatoms. The molecule has 0 radical (unpaired) electrons. The molecule has 0 rings (SSSR count). The van der Waals surface area contributed by atoms with Gasteiger partial charge in [0.2, 0.25) is 0 Å². The molecule has 0 aromatic rings. The van der Waals surface area contributed by atoms with E-state index in [4.69, 9.17) is 14.8 Å². The van der Waals surface area contributed by atoms with Crippen LogP contribution >= 0.6 is 7.75 Å². The van der Waals surface area contributed by atoms with Crippen LogP contribution < -0.4 is 21.5 Å². The number of nitrogens with two attached hydrogens (primary N) is 1. The number of nitrogens with one attached hydrogen (secondary N) is 3. The Labute approximate surface area is 313 Å². The second kappa shape index (κ2) is 43.4. The van der Waals surface area contributed by atoms with Crippen molar-refractivity contribution in [3.8, 4) is 0 Å². The summed E-state index contributed by atoms with van der Waals surface area (Å²) in [5, 5.41) is 10.1. The van der Waals surface area contributed by atoms with Crippen LogP contribution in [0.3, 0.4) is 0 Å². The first-order valence-corrected chi connectivity index (χ1v) is 24.0. The lowest BCUT2D eigenvalue weighted by atomic mass is 10.0. The Morgan fingerprint density at radius 3 is 1.02 bits per heavy atom. The minimum atomic E-state index is -3.27. The number of hydrogen-bond donors (Lipinski definition) is 4. The van der Waals surface area contributed by atoms with Gasteiger partial charge in [-0.3, -0.25) is 9.05 Å². The summed E-state index contributed by atoms with van der Waals surface area (Å²) in [6.45, 7) is 11.0. The molecule has 0 unspecified atom stereocenters. The minimum Gasteiger partial charge on any atom is -0.330 e. The van der Waals surface area contributed by atoms with Crippen LogP contribution in [0.15, 0.2) is 0 Å². The molecule has 0 amide bonds. The third-order valence-electron chi connectivity index (χ3n) is 9.87. The van der Waals surface area contributed by atoms with E-state index in [1.165, 1.54) is 161 Å². The third kappa shape index (κ3) is 40.8. The molecule has 0 aromatic heterocycles. The fourth-order valence-electron chi connectivity index (χ4n) is 6.50. The Hall–Kier alpha value is -0.0100. The molecule has 50 heavy (non-hydrogen) atoms. The zero-order valence-electron chi connectivity index (χ0n) is 34.0. The van der Waals surface area contributed by atoms with E-state index in [0.29, 0.717) is 19.8 Å². The summed E-state index contributed by atoms with van der Waals surface area (Å²) in [6, 6.07) is 0. The summed E-state index contributed by atoms with van der Waals surface area (Å²) in [4.78, 5) is 0. The van der Waals surface area contributed by atoms with Gasteiger partial charge in [-0.1, -0.05) is 181 Å². The van der Waals surface area contributed by atoms with E-state index < -0.39 is 7.75 Å². The second-order valence-electron chi connectivity index (χ2n) is 15.0. The van der Waals surface area contributed by atoms with Crippen molar-refractivity contribution in [1.29, 1.82) is 0 Å². The van der Waals surface area contributed by atoms with Crippen molar-refractivity contribution in [2.45, 2.75) is 219 Å². The van der Waals surface area contributed by atoms with Gasteiger partial charge in [0.15, 0.2) is 0 Å². The highest BCUT2D eigenvalue weighted by Crippen LogP contribution is 2.44. The second-order valence-corrected chi connectivity index (χ2v) is 16.8. The quantitative estimate of drug-likeness (QED) is 0.0366. The van der Waals surface area contributed by atoms with Crippen LogP contribution in [-0.2, 0) is 13.6 Å². The van der Waals surface area contributed by atoms with Gasteiger partial charge in [-0.15, -0.1) is 0 Å². The molecule has 7 nitrogen and oxygen atoms in total. The van der Waals surface area contributed by atoms with Gasteiger partial charge in [0.1, 0.15) is 0 Å². The van der Waals surface area contributed by atoms with Gasteiger partial charge < -0.3 is 16.4 Å². The number of hydrogen-bond acceptors (Lipinski definition) is 6. The molecule has 0 saturated heterocycles. The smallest absolute Gasteiger partial charge is 0.330 e. The summed E-state index contributed by atoms with van der Waals surface area (Å²) in [7, 11) is -3.27. The van der Waals surface area contributed by atoms with Crippen molar-refractivity contribution < 1.29 is 13.6 Å². The molecule has 0 aliphatic heterocycles. The molecule has 5 N–H and O–H groups in total. The van der Waals surface area contributed by atoms with Crippen LogP contribution in [0.5, 0.6) is 0 Å². The topological polar surface area (TPSA) is 97.6 Å². The predicted molar refractivity (Wildman–Crippen MR) is 221 cm³/mol. The van der Waals surface area contributed by atoms with Crippen LogP contribution in [0.2, 0.25) is 0 Å². The average molecular weight is 731 g/mol. The molecule has 0 heterocycles. The Bertz CT molecular complexity index is 635. The van der Waals surface area contributed by atoms with Crippen molar-refractivity contribution in [3.63, 3.8) is 0 Å². The van der Waals surface area contributed by atoms with Crippen molar-refractivity contribution in [2.75, 3.05) is 52.5 Å². The highest BCUT2D eigenvalue weighted by Gasteiger charge is 2.23. The fraction of sp³-hybridized carbons (Fsp3) is 1.00. The minimum absolute atomic E-state index is 0.513. The first-order valence-electron chi connectivity index (χ1n) is 22.4. The van der Waals surface area contributed by atoms with Crippen LogP contribution in [0, 0.1) is 0 Å². The summed E-state index contributed by atoms with van der Waals surface area (Å²) >= 11 is 0. The standard InChI is InChI=1S/C42H91N4O3P/c1-3-5-7-9-11-13-15-17-19-21-23-25-27-31-41-48-50(47,46-40-34-39-45-37-30-29-36-44-38-33-35-43)49-42-32-28-26-24-22-20-18-16-14-12-10-8-6-4-2/h44-45H,3-43H2,1-2H3,(H,46,47). The molecule has 0 aliphatic rings. The van der Waals surface area contributed by atoms with Gasteiger partial charge in [-0.05, 0) is 71.2 Å². The molecule has 302 valence electrons. The molecule has 0 atom stereocenters. The van der Waals surface area contributed by atoms with E-state index in [1.807, 2.05) is 0 Å². The van der Waals surface area contributed by atoms with E-state index in [9.17, 15) is 4.57 Å². The molecule has 0 fully saturated rings. The van der Waals surface area contributed by atoms with Crippen LogP contribution in [0.25, 0.3) is 0 Å². The monoisotopic (exact) mass is 731 g/mol. The Balaban J connectivity index is 4.06. The highest BCUT2D eigenvalue weighted by atomic mass is 31.2. The Morgan fingerprint density at radius 1 is 0.380 bits per heavy atom. The lowest BCUT2D eigenvalue weighted by Crippen LogP contribution is -2.24. The van der Waals surface area contributed by atoms with E-state index >= 15 is 0 Å². The fourth-order valence-corrected chi connectivity index (χ4v) is 7.93. The van der Waals surface area contributed by atoms with Crippen molar-refractivity contribution in [3.05, 3.63) is 0 Å². The normalized spacial score (nSPS) is 12.0. The Kier molecular flexibility index (Phi) is 43.4. The molecular formula is C42H91N4O3P. The van der Waals surface area contributed by atoms with Crippen molar-refractivity contribution >= 4 is 7.75 Å². The van der Waals surface area contributed by atoms with Gasteiger partial charge in [0, 0.05) is 6.54 Å². The van der Waals surface area contributed by atoms with Gasteiger partial charge in [0.25, 0.3) is 0 Å². The van der Waals surface area contributed by atoms with Gasteiger partial charge in [-0.2, -0.15) is 0 Å². The molecule has 0 aromatic carbocycles. The van der Waals surface area contributed by atoms with Crippen LogP contribution in [0.4, 0.5) is 0 Å². The van der Waals surface area contributed by atoms with E-state index in [2.05, 4.69) is 29.6 Å². The summed E-state index contributed by atoms with van der Waals surface area (Å²) < 4.78 is 25.5. The largest absolute Gasteiger partial charge is 0.405 e. The van der Waals surface area contributed by atoms with E-state index in [0.717, 1.165) is 77.7 Å². The van der Waals surface area contributed by atoms with Crippen molar-refractivity contribution in [2.24, 2.45) is 5.73 Å². The summed E-state index contributed by atoms with van der Waals surface area (Å²) in [6.07, 6.45) is 41.5. The Morgan fingerprint density at radius 2 is 0.680 bits per heavy atom. The van der Waals surface area contributed by atoms with E-state index in [-0.39, 0.29) is 0 Å². The molecule has 0 aliphatic carbocycles. The maximum atomic E-state index is 13.6. The van der Waals surface area contributed by atoms with Gasteiger partial charge in [0.05, 0.1) is 13.2 Å². The van der Waals surface area contributed by atoms with Gasteiger partial charge >= 0.3 is 7.75 Å². The van der Waals surface area contributed by atoms with Gasteiger partial charge in [-0.25, -0.2) is 9.65 Å². The zero-order valence-corrected chi connectivity index (χ0v) is 34.9. The summed E-state index contributed by atoms with van der Waals surface area (Å²) in [5.41, 5.74) is 5.54. The lowest BCUT2D eigenvalue weighted by molar-refractivity contribution is 0.189. The summed E-state index contributed by atoms with van der Waals surface area (Å²) in [5.74, 6) is 0. The number of rotatable bonds is 45. The number of unbranched alkanes of at least 4 members (excludes halogenated alkanes) is 27. The molecule has 0 spiro atoms. The lowest BCUT2D eigenvalue weighted by Gasteiger charge is -2.19. The SMILES string of the molecule is CCCCCCCCCCCCCCCCOP(=O)(NCCCNCCCCNCCCN)OCCCCCCCCCCCCCCCC. The van der Waals surface area contributed by atoms with E-state index in [1.54, 1.807) is 0 Å². The molecule has 0 bridgehead atoms. The first-order chi connectivity index (χ1) is 24.7. The van der Waals surface area contributed by atoms with Crippen LogP contribution in [0.1, 0.15) is 219 Å². The highest BCUT2D eigenvalue weighted by molar-refractivity contribution is 7.51.